The average Bonchev–Trinajstić information content (AvgIpc) is 3.72. The summed E-state index contributed by atoms with van der Waals surface area (Å²) in [6.45, 7) is -1.43. The molecule has 0 amide bonds. The lowest BCUT2D eigenvalue weighted by molar-refractivity contribution is -0.0671. The predicted molar refractivity (Wildman–Crippen MR) is 141 cm³/mol. The number of hydrogen-bond donors (Lipinski definition) is 5. The van der Waals surface area contributed by atoms with Gasteiger partial charge in [-0.05, 0) is 0 Å². The third-order valence-corrected chi connectivity index (χ3v) is 9.41. The Morgan fingerprint density at radius 1 is 1.02 bits per heavy atom. The summed E-state index contributed by atoms with van der Waals surface area (Å²) in [6.07, 6.45) is -7.77. The van der Waals surface area contributed by atoms with Crippen LogP contribution in [0.4, 0.5) is 16.2 Å². The molecule has 7 heterocycles. The van der Waals surface area contributed by atoms with Crippen molar-refractivity contribution in [3.63, 3.8) is 0 Å². The van der Waals surface area contributed by atoms with Crippen molar-refractivity contribution >= 4 is 44.8 Å². The van der Waals surface area contributed by atoms with E-state index in [2.05, 4.69) is 24.9 Å². The molecule has 10 atom stereocenters. The van der Waals surface area contributed by atoms with E-state index in [-0.39, 0.29) is 41.5 Å². The highest BCUT2D eigenvalue weighted by Gasteiger charge is 2.53. The molecule has 3 fully saturated rings. The van der Waals surface area contributed by atoms with Gasteiger partial charge in [0.05, 0.1) is 32.0 Å². The fraction of sp³-hybridized carbons (Fsp3) is 0.571. The zero-order valence-corrected chi connectivity index (χ0v) is 24.0. The number of aromatic nitrogens is 6. The highest BCUT2D eigenvalue weighted by Crippen LogP contribution is 2.54. The van der Waals surface area contributed by atoms with Gasteiger partial charge in [-0.2, -0.15) is 4.98 Å². The number of aromatic amines is 1. The Balaban J connectivity index is 1.18. The zero-order chi connectivity index (χ0) is 31.0. The maximum Gasteiger partial charge on any atom is 0.472 e. The van der Waals surface area contributed by atoms with Crippen LogP contribution in [0.3, 0.4) is 0 Å². The Hall–Kier alpha value is -2.94. The lowest BCUT2D eigenvalue weighted by Gasteiger charge is -2.25. The van der Waals surface area contributed by atoms with E-state index in [1.807, 2.05) is 0 Å². The number of nitrogen functional groups attached to an aromatic ring is 1. The number of nitrogens with two attached hydrogens (primary N) is 1. The van der Waals surface area contributed by atoms with Crippen LogP contribution in [0.1, 0.15) is 37.1 Å². The molecule has 0 aliphatic carbocycles. The Kier molecular flexibility index (Phi) is 7.34. The monoisotopic (exact) mass is 662 g/mol. The largest absolute Gasteiger partial charge is 0.472 e. The van der Waals surface area contributed by atoms with Crippen LogP contribution in [-0.4, -0.2) is 94.0 Å². The fourth-order valence-electron chi connectivity index (χ4n) is 5.47. The SMILES string of the molecule is Nc1nc2c(ncn2[C@@H]2O[C@@H]3COP(=O)(O)O[C@H]4[C@H](F)[C@H](n5cnc6c5N=CCC6O)O[C@@H]4COP(=O)(O)O[C@@H]2C3)c(=O)[nH]1. The second kappa shape index (κ2) is 10.8. The molecule has 0 radical (unpaired) electrons. The summed E-state index contributed by atoms with van der Waals surface area (Å²) in [5.74, 6) is -0.137. The number of ether oxygens (including phenoxy) is 2. The van der Waals surface area contributed by atoms with E-state index in [9.17, 15) is 28.8 Å². The number of fused-ring (bicyclic) bond motifs is 5. The molecule has 0 spiro atoms. The minimum Gasteiger partial charge on any atom is -0.386 e. The number of H-pyrrole nitrogens is 1. The molecule has 23 heteroatoms. The van der Waals surface area contributed by atoms with Gasteiger partial charge >= 0.3 is 15.6 Å². The quantitative estimate of drug-likeness (QED) is 0.231. The van der Waals surface area contributed by atoms with Crippen LogP contribution in [0.25, 0.3) is 11.2 Å². The zero-order valence-electron chi connectivity index (χ0n) is 22.2. The summed E-state index contributed by atoms with van der Waals surface area (Å²) in [5.41, 5.74) is 5.06. The molecule has 3 unspecified atom stereocenters. The number of imidazole rings is 2. The van der Waals surface area contributed by atoms with Gasteiger partial charge in [-0.15, -0.1) is 0 Å². The standard InChI is InChI=1S/C21H25FN8O12P2/c22-12-15-11(40-20(12)29-6-25-13-9(31)1-2-24-16(13)29)5-38-43(33,34)41-10-3-8(4-37-44(35,36)42-15)39-19(10)30-7-26-14-17(30)27-21(23)28-18(14)32/h2,6-12,15,19-20,31H,1,3-5H2,(H,33,34)(H,35,36)(H3,23,27,28,32)/t8-,9?,10+,11+,12-,15+,19+,20+/m0/s1. The second-order valence-electron chi connectivity index (χ2n) is 10.3. The highest BCUT2D eigenvalue weighted by atomic mass is 31.2. The first-order chi connectivity index (χ1) is 20.9. The Morgan fingerprint density at radius 3 is 2.59 bits per heavy atom. The Labute approximate surface area is 244 Å². The van der Waals surface area contributed by atoms with Crippen LogP contribution in [0.15, 0.2) is 22.4 Å². The van der Waals surface area contributed by atoms with E-state index in [0.717, 1.165) is 4.57 Å². The minimum absolute atomic E-state index is 0.0295. The molecule has 0 aromatic carbocycles. The summed E-state index contributed by atoms with van der Waals surface area (Å²) in [7, 11) is -9.97. The summed E-state index contributed by atoms with van der Waals surface area (Å²) in [6, 6.07) is 0. The number of aliphatic imine (C=N–C) groups is 1. The maximum absolute atomic E-state index is 15.9. The third kappa shape index (κ3) is 5.33. The molecule has 3 aromatic heterocycles. The Bertz CT molecular complexity index is 1780. The number of anilines is 1. The van der Waals surface area contributed by atoms with Crippen molar-refractivity contribution in [2.75, 3.05) is 18.9 Å². The molecule has 7 rings (SSSR count). The van der Waals surface area contributed by atoms with E-state index >= 15 is 4.39 Å². The predicted octanol–water partition coefficient (Wildman–Crippen LogP) is 0.279. The molecule has 6 N–H and O–H groups in total. The van der Waals surface area contributed by atoms with Gasteiger partial charge in [0.25, 0.3) is 5.56 Å². The fourth-order valence-corrected chi connectivity index (χ4v) is 7.38. The van der Waals surface area contributed by atoms with Gasteiger partial charge in [-0.1, -0.05) is 0 Å². The van der Waals surface area contributed by atoms with E-state index < -0.39 is 83.6 Å². The van der Waals surface area contributed by atoms with Crippen molar-refractivity contribution in [3.05, 3.63) is 28.7 Å². The highest BCUT2D eigenvalue weighted by molar-refractivity contribution is 7.47. The smallest absolute Gasteiger partial charge is 0.386 e. The van der Waals surface area contributed by atoms with Gasteiger partial charge in [0, 0.05) is 19.1 Å². The lowest BCUT2D eigenvalue weighted by Crippen LogP contribution is -2.34. The van der Waals surface area contributed by atoms with Crippen LogP contribution in [0.2, 0.25) is 0 Å². The van der Waals surface area contributed by atoms with Gasteiger partial charge in [-0.3, -0.25) is 37.0 Å². The van der Waals surface area contributed by atoms with Crippen molar-refractivity contribution in [1.29, 1.82) is 0 Å². The second-order valence-corrected chi connectivity index (χ2v) is 13.1. The van der Waals surface area contributed by atoms with Crippen molar-refractivity contribution < 1.29 is 56.0 Å². The number of aliphatic hydroxyl groups is 1. The van der Waals surface area contributed by atoms with E-state index in [4.69, 9.17) is 33.3 Å². The molecule has 2 bridgehead atoms. The van der Waals surface area contributed by atoms with E-state index in [0.29, 0.717) is 0 Å². The average molecular weight is 662 g/mol. The van der Waals surface area contributed by atoms with Gasteiger partial charge in [0.1, 0.15) is 30.1 Å². The molecule has 4 aliphatic rings. The summed E-state index contributed by atoms with van der Waals surface area (Å²) >= 11 is 0. The van der Waals surface area contributed by atoms with Crippen LogP contribution in [-0.2, 0) is 36.7 Å². The number of halogens is 1. The van der Waals surface area contributed by atoms with Crippen LogP contribution >= 0.6 is 15.6 Å². The number of nitrogens with zero attached hydrogens (tertiary/aromatic N) is 6. The molecule has 3 saturated heterocycles. The molecule has 44 heavy (non-hydrogen) atoms. The topological polar surface area (TPSA) is 270 Å². The van der Waals surface area contributed by atoms with E-state index in [1.165, 1.54) is 23.4 Å². The first kappa shape index (κ1) is 29.8. The maximum atomic E-state index is 15.9. The number of alkyl halides is 1. The number of phosphoric acid groups is 2. The minimum atomic E-state index is -5.01. The van der Waals surface area contributed by atoms with Crippen LogP contribution in [0.5, 0.6) is 0 Å². The molecule has 20 nitrogen and oxygen atoms in total. The van der Waals surface area contributed by atoms with E-state index in [1.54, 1.807) is 0 Å². The van der Waals surface area contributed by atoms with Crippen molar-refractivity contribution in [1.82, 2.24) is 29.1 Å². The molecule has 238 valence electrons. The first-order valence-corrected chi connectivity index (χ1v) is 16.1. The third-order valence-electron chi connectivity index (χ3n) is 7.41. The molecular formula is C21H25FN8O12P2. The molecular weight excluding hydrogens is 637 g/mol. The van der Waals surface area contributed by atoms with Crippen LogP contribution < -0.4 is 11.3 Å². The molecule has 4 aliphatic heterocycles. The number of rotatable bonds is 2. The van der Waals surface area contributed by atoms with Crippen LogP contribution in [0, 0.1) is 0 Å². The van der Waals surface area contributed by atoms with Gasteiger partial charge in [0.15, 0.2) is 35.6 Å². The lowest BCUT2D eigenvalue weighted by atomic mass is 10.1. The molecule has 3 aromatic rings. The van der Waals surface area contributed by atoms with Gasteiger partial charge in [0.2, 0.25) is 5.95 Å². The Morgan fingerprint density at radius 2 is 1.77 bits per heavy atom. The van der Waals surface area contributed by atoms with Crippen molar-refractivity contribution in [2.24, 2.45) is 4.99 Å². The first-order valence-electron chi connectivity index (χ1n) is 13.2. The van der Waals surface area contributed by atoms with Crippen molar-refractivity contribution in [2.45, 2.75) is 62.0 Å². The van der Waals surface area contributed by atoms with Gasteiger partial charge < -0.3 is 30.1 Å². The number of hydrogen-bond acceptors (Lipinski definition) is 15. The normalized spacial score (nSPS) is 39.4. The van der Waals surface area contributed by atoms with Gasteiger partial charge in [-0.25, -0.2) is 28.5 Å². The molecule has 0 saturated carbocycles. The summed E-state index contributed by atoms with van der Waals surface area (Å²) in [5, 5.41) is 10.2. The summed E-state index contributed by atoms with van der Waals surface area (Å²) < 4.78 is 76.9. The summed E-state index contributed by atoms with van der Waals surface area (Å²) in [4.78, 5) is 52.0. The number of phosphoric ester groups is 2. The van der Waals surface area contributed by atoms with Crippen molar-refractivity contribution in [3.8, 4) is 0 Å². The number of nitrogens with one attached hydrogen (secondary N) is 1. The number of aliphatic hydroxyl groups excluding tert-OH is 1.